The van der Waals surface area contributed by atoms with Crippen LogP contribution in [0.15, 0.2) is 22.7 Å². The Morgan fingerprint density at radius 2 is 2.28 bits per heavy atom. The Kier molecular flexibility index (Phi) is 3.57. The molecule has 0 saturated heterocycles. The molecule has 0 unspecified atom stereocenters. The molecule has 0 amide bonds. The van der Waals surface area contributed by atoms with Crippen molar-refractivity contribution < 1.29 is 13.7 Å². The topological polar surface area (TPSA) is 74.2 Å². The molecule has 1 aromatic heterocycles. The van der Waals surface area contributed by atoms with E-state index in [0.717, 1.165) is 5.56 Å². The summed E-state index contributed by atoms with van der Waals surface area (Å²) in [4.78, 5) is 3.96. The van der Waals surface area contributed by atoms with Crippen LogP contribution in [0.25, 0.3) is 0 Å². The Morgan fingerprint density at radius 3 is 2.83 bits per heavy atom. The highest BCUT2D eigenvalue weighted by Crippen LogP contribution is 2.21. The summed E-state index contributed by atoms with van der Waals surface area (Å²) in [6.07, 6.45) is 0. The molecular formula is C12H14FN3O2. The highest BCUT2D eigenvalue weighted by molar-refractivity contribution is 5.30. The fraction of sp³-hybridized carbons (Fsp3) is 0.333. The Hall–Kier alpha value is -1.95. The summed E-state index contributed by atoms with van der Waals surface area (Å²) in [5.41, 5.74) is 6.38. The van der Waals surface area contributed by atoms with E-state index in [1.54, 1.807) is 26.0 Å². The summed E-state index contributed by atoms with van der Waals surface area (Å²) in [6, 6.07) is 4.42. The Morgan fingerprint density at radius 1 is 1.50 bits per heavy atom. The van der Waals surface area contributed by atoms with Crippen molar-refractivity contribution >= 4 is 0 Å². The number of aryl methyl sites for hydroxylation is 1. The highest BCUT2D eigenvalue weighted by atomic mass is 19.1. The van der Waals surface area contributed by atoms with E-state index in [0.29, 0.717) is 11.7 Å². The first-order chi connectivity index (χ1) is 8.56. The molecule has 0 aliphatic rings. The van der Waals surface area contributed by atoms with E-state index in [9.17, 15) is 4.39 Å². The molecule has 0 radical (unpaired) electrons. The maximum Gasteiger partial charge on any atom is 0.223 e. The molecule has 0 aliphatic carbocycles. The molecule has 0 spiro atoms. The van der Waals surface area contributed by atoms with E-state index in [4.69, 9.17) is 15.0 Å². The first-order valence-electron chi connectivity index (χ1n) is 5.53. The number of nitrogens with two attached hydrogens (primary N) is 1. The molecule has 0 fully saturated rings. The molecule has 96 valence electrons. The molecule has 1 aromatic carbocycles. The average molecular weight is 251 g/mol. The van der Waals surface area contributed by atoms with E-state index in [1.807, 2.05) is 0 Å². The third kappa shape index (κ3) is 2.84. The van der Waals surface area contributed by atoms with Gasteiger partial charge in [-0.05, 0) is 24.6 Å². The summed E-state index contributed by atoms with van der Waals surface area (Å²) in [5, 5.41) is 3.65. The van der Waals surface area contributed by atoms with Crippen LogP contribution in [0, 0.1) is 12.7 Å². The number of nitrogens with zero attached hydrogens (tertiary/aromatic N) is 2. The van der Waals surface area contributed by atoms with Gasteiger partial charge in [0.2, 0.25) is 11.7 Å². The predicted molar refractivity (Wildman–Crippen MR) is 62.4 cm³/mol. The van der Waals surface area contributed by atoms with Crippen LogP contribution >= 0.6 is 0 Å². The SMILES string of the molecule is Cc1nc(COc2ccc([C@H](C)N)cc2F)no1. The van der Waals surface area contributed by atoms with Crippen LogP contribution in [0.3, 0.4) is 0 Å². The van der Waals surface area contributed by atoms with Crippen LogP contribution in [-0.4, -0.2) is 10.1 Å². The molecule has 6 heteroatoms. The summed E-state index contributed by atoms with van der Waals surface area (Å²) >= 11 is 0. The van der Waals surface area contributed by atoms with Gasteiger partial charge < -0.3 is 15.0 Å². The van der Waals surface area contributed by atoms with Crippen LogP contribution in [0.2, 0.25) is 0 Å². The van der Waals surface area contributed by atoms with E-state index in [2.05, 4.69) is 10.1 Å². The normalized spacial score (nSPS) is 12.4. The lowest BCUT2D eigenvalue weighted by Gasteiger charge is -2.09. The summed E-state index contributed by atoms with van der Waals surface area (Å²) in [7, 11) is 0. The van der Waals surface area contributed by atoms with Crippen LogP contribution in [0.4, 0.5) is 4.39 Å². The lowest BCUT2D eigenvalue weighted by Crippen LogP contribution is -2.06. The first-order valence-corrected chi connectivity index (χ1v) is 5.53. The largest absolute Gasteiger partial charge is 0.482 e. The molecule has 1 atom stereocenters. The Balaban J connectivity index is 2.05. The zero-order valence-corrected chi connectivity index (χ0v) is 10.2. The zero-order valence-electron chi connectivity index (χ0n) is 10.2. The minimum Gasteiger partial charge on any atom is -0.482 e. The second-order valence-electron chi connectivity index (χ2n) is 4.00. The fourth-order valence-electron chi connectivity index (χ4n) is 1.46. The van der Waals surface area contributed by atoms with Gasteiger partial charge in [-0.3, -0.25) is 0 Å². The second kappa shape index (κ2) is 5.14. The van der Waals surface area contributed by atoms with Gasteiger partial charge in [0.1, 0.15) is 0 Å². The zero-order chi connectivity index (χ0) is 13.1. The third-order valence-corrected chi connectivity index (χ3v) is 2.41. The van der Waals surface area contributed by atoms with E-state index >= 15 is 0 Å². The van der Waals surface area contributed by atoms with Gasteiger partial charge in [-0.2, -0.15) is 4.98 Å². The van der Waals surface area contributed by atoms with Gasteiger partial charge in [0.25, 0.3) is 0 Å². The fourth-order valence-corrected chi connectivity index (χ4v) is 1.46. The van der Waals surface area contributed by atoms with Crippen LogP contribution in [0.5, 0.6) is 5.75 Å². The molecule has 18 heavy (non-hydrogen) atoms. The molecule has 0 aliphatic heterocycles. The Labute approximate surface area is 104 Å². The molecule has 0 saturated carbocycles. The van der Waals surface area contributed by atoms with Crippen molar-refractivity contribution in [2.24, 2.45) is 5.73 Å². The monoisotopic (exact) mass is 251 g/mol. The van der Waals surface area contributed by atoms with Crippen LogP contribution in [0.1, 0.15) is 30.2 Å². The number of benzene rings is 1. The number of rotatable bonds is 4. The number of halogens is 1. The minimum absolute atomic E-state index is 0.0613. The number of hydrogen-bond donors (Lipinski definition) is 1. The molecule has 0 bridgehead atoms. The van der Waals surface area contributed by atoms with Crippen molar-refractivity contribution in [3.05, 3.63) is 41.3 Å². The van der Waals surface area contributed by atoms with E-state index < -0.39 is 5.82 Å². The van der Waals surface area contributed by atoms with E-state index in [1.165, 1.54) is 6.07 Å². The predicted octanol–water partition coefficient (Wildman–Crippen LogP) is 2.12. The summed E-state index contributed by atoms with van der Waals surface area (Å²) in [6.45, 7) is 3.53. The quantitative estimate of drug-likeness (QED) is 0.900. The van der Waals surface area contributed by atoms with Crippen molar-refractivity contribution in [3.8, 4) is 5.75 Å². The summed E-state index contributed by atoms with van der Waals surface area (Å²) < 4.78 is 23.7. The van der Waals surface area contributed by atoms with Crippen LogP contribution < -0.4 is 10.5 Å². The molecule has 2 rings (SSSR count). The van der Waals surface area contributed by atoms with Gasteiger partial charge in [-0.1, -0.05) is 11.2 Å². The maximum atomic E-state index is 13.7. The molecule has 1 heterocycles. The maximum absolute atomic E-state index is 13.7. The minimum atomic E-state index is -0.454. The van der Waals surface area contributed by atoms with Gasteiger partial charge in [0, 0.05) is 13.0 Å². The van der Waals surface area contributed by atoms with Crippen molar-refractivity contribution in [1.29, 1.82) is 0 Å². The van der Waals surface area contributed by atoms with E-state index in [-0.39, 0.29) is 18.4 Å². The molecule has 5 nitrogen and oxygen atoms in total. The highest BCUT2D eigenvalue weighted by Gasteiger charge is 2.09. The van der Waals surface area contributed by atoms with Crippen molar-refractivity contribution in [1.82, 2.24) is 10.1 Å². The van der Waals surface area contributed by atoms with Gasteiger partial charge in [-0.25, -0.2) is 4.39 Å². The lowest BCUT2D eigenvalue weighted by molar-refractivity contribution is 0.272. The second-order valence-corrected chi connectivity index (χ2v) is 4.00. The Bertz CT molecular complexity index is 540. The van der Waals surface area contributed by atoms with Gasteiger partial charge in [0.05, 0.1) is 0 Å². The summed E-state index contributed by atoms with van der Waals surface area (Å²) in [5.74, 6) is 0.511. The van der Waals surface area contributed by atoms with Crippen molar-refractivity contribution in [2.45, 2.75) is 26.5 Å². The van der Waals surface area contributed by atoms with Gasteiger partial charge >= 0.3 is 0 Å². The number of aromatic nitrogens is 2. The van der Waals surface area contributed by atoms with Gasteiger partial charge in [0.15, 0.2) is 18.2 Å². The smallest absolute Gasteiger partial charge is 0.223 e. The van der Waals surface area contributed by atoms with Crippen molar-refractivity contribution in [3.63, 3.8) is 0 Å². The first kappa shape index (κ1) is 12.5. The van der Waals surface area contributed by atoms with Crippen molar-refractivity contribution in [2.75, 3.05) is 0 Å². The third-order valence-electron chi connectivity index (χ3n) is 2.41. The average Bonchev–Trinajstić information content (AvgIpc) is 2.73. The number of hydrogen-bond acceptors (Lipinski definition) is 5. The molecule has 2 N–H and O–H groups in total. The number of ether oxygens (including phenoxy) is 1. The standard InChI is InChI=1S/C12H14FN3O2/c1-7(14)9-3-4-11(10(13)5-9)17-6-12-15-8(2)18-16-12/h3-5,7H,6,14H2,1-2H3/t7-/m0/s1. The lowest BCUT2D eigenvalue weighted by atomic mass is 10.1. The van der Waals surface area contributed by atoms with Gasteiger partial charge in [-0.15, -0.1) is 0 Å². The van der Waals surface area contributed by atoms with Crippen LogP contribution in [-0.2, 0) is 6.61 Å². The molecular weight excluding hydrogens is 237 g/mol. The molecule has 2 aromatic rings.